The topological polar surface area (TPSA) is 126 Å². The van der Waals surface area contributed by atoms with Crippen molar-refractivity contribution in [3.63, 3.8) is 0 Å². The zero-order valence-corrected chi connectivity index (χ0v) is 17.3. The summed E-state index contributed by atoms with van der Waals surface area (Å²) in [7, 11) is -2.22. The number of hydrogen-bond acceptors (Lipinski definition) is 6. The Morgan fingerprint density at radius 1 is 1.24 bits per heavy atom. The standard InChI is InChI=1S/C18H19N5O4S2/c1-3-23-15-9-6-12(27-2)10-14(15)16(17(23)24)21-22-18(28)20-11-4-7-13(8-5-11)29(19,25)26/h4-10H,3H2,1-2H3,(H2,19,25,26)(H2,20,22,28). The highest BCUT2D eigenvalue weighted by atomic mass is 32.2. The van der Waals surface area contributed by atoms with Gasteiger partial charge in [0.2, 0.25) is 10.0 Å². The lowest BCUT2D eigenvalue weighted by Crippen LogP contribution is -2.32. The molecular formula is C18H19N5O4S2. The van der Waals surface area contributed by atoms with Crippen LogP contribution < -0.4 is 25.5 Å². The largest absolute Gasteiger partial charge is 0.497 e. The Morgan fingerprint density at radius 3 is 2.52 bits per heavy atom. The molecule has 1 heterocycles. The number of methoxy groups -OCH3 is 1. The van der Waals surface area contributed by atoms with Crippen LogP contribution >= 0.6 is 12.2 Å². The van der Waals surface area contributed by atoms with Crippen LogP contribution in [-0.4, -0.2) is 38.8 Å². The molecule has 1 aliphatic rings. The Kier molecular flexibility index (Phi) is 5.82. The molecule has 0 saturated heterocycles. The van der Waals surface area contributed by atoms with Crippen LogP contribution in [0.25, 0.3) is 0 Å². The molecule has 11 heteroatoms. The van der Waals surface area contributed by atoms with Crippen LogP contribution in [0.3, 0.4) is 0 Å². The zero-order valence-electron chi connectivity index (χ0n) is 15.7. The van der Waals surface area contributed by atoms with Gasteiger partial charge >= 0.3 is 0 Å². The summed E-state index contributed by atoms with van der Waals surface area (Å²) in [6.07, 6.45) is 0. The lowest BCUT2D eigenvalue weighted by Gasteiger charge is -2.13. The zero-order chi connectivity index (χ0) is 21.2. The molecule has 0 radical (unpaired) electrons. The maximum absolute atomic E-state index is 12.7. The van der Waals surface area contributed by atoms with Gasteiger partial charge in [-0.25, -0.2) is 13.6 Å². The van der Waals surface area contributed by atoms with Gasteiger partial charge in [-0.1, -0.05) is 0 Å². The third kappa shape index (κ3) is 4.36. The van der Waals surface area contributed by atoms with E-state index in [0.717, 1.165) is 5.69 Å². The molecule has 2 aromatic carbocycles. The minimum atomic E-state index is -3.77. The molecule has 0 unspecified atom stereocenters. The molecule has 152 valence electrons. The van der Waals surface area contributed by atoms with Crippen LogP contribution in [0.4, 0.5) is 11.4 Å². The Balaban J connectivity index is 1.77. The third-order valence-electron chi connectivity index (χ3n) is 4.22. The van der Waals surface area contributed by atoms with Gasteiger partial charge in [0, 0.05) is 17.8 Å². The van der Waals surface area contributed by atoms with Crippen LogP contribution in [0, 0.1) is 0 Å². The Bertz CT molecular complexity index is 1100. The van der Waals surface area contributed by atoms with Crippen molar-refractivity contribution in [2.45, 2.75) is 11.8 Å². The number of nitrogens with one attached hydrogen (secondary N) is 2. The first-order valence-electron chi connectivity index (χ1n) is 8.52. The van der Waals surface area contributed by atoms with E-state index in [-0.39, 0.29) is 21.6 Å². The molecule has 1 aliphatic heterocycles. The average molecular weight is 434 g/mol. The minimum absolute atomic E-state index is 0.0102. The number of hydrazone groups is 1. The van der Waals surface area contributed by atoms with Gasteiger partial charge in [-0.2, -0.15) is 5.10 Å². The SMILES string of the molecule is CCN1C(=O)C(=NNC(=S)Nc2ccc(S(N)(=O)=O)cc2)c2cc(OC)ccc21. The predicted molar refractivity (Wildman–Crippen MR) is 115 cm³/mol. The predicted octanol–water partition coefficient (Wildman–Crippen LogP) is 1.40. The molecule has 0 saturated carbocycles. The second-order valence-corrected chi connectivity index (χ2v) is 8.00. The summed E-state index contributed by atoms with van der Waals surface area (Å²) in [4.78, 5) is 14.3. The molecule has 29 heavy (non-hydrogen) atoms. The van der Waals surface area contributed by atoms with Crippen LogP contribution in [-0.2, 0) is 14.8 Å². The maximum atomic E-state index is 12.7. The van der Waals surface area contributed by atoms with Crippen molar-refractivity contribution in [1.82, 2.24) is 5.43 Å². The summed E-state index contributed by atoms with van der Waals surface area (Å²) in [5, 5.41) is 12.2. The van der Waals surface area contributed by atoms with Crippen molar-refractivity contribution >= 4 is 50.3 Å². The number of benzene rings is 2. The van der Waals surface area contributed by atoms with Crippen LogP contribution in [0.2, 0.25) is 0 Å². The molecule has 1 amide bonds. The van der Waals surface area contributed by atoms with E-state index in [1.54, 1.807) is 24.1 Å². The summed E-state index contributed by atoms with van der Waals surface area (Å²) in [5.74, 6) is 0.362. The number of nitrogens with zero attached hydrogens (tertiary/aromatic N) is 2. The van der Waals surface area contributed by atoms with Gasteiger partial charge in [-0.05, 0) is 61.6 Å². The number of nitrogens with two attached hydrogens (primary N) is 1. The fourth-order valence-electron chi connectivity index (χ4n) is 2.84. The monoisotopic (exact) mass is 433 g/mol. The van der Waals surface area contributed by atoms with Crippen molar-refractivity contribution < 1.29 is 17.9 Å². The van der Waals surface area contributed by atoms with Gasteiger partial charge in [0.25, 0.3) is 5.91 Å². The number of hydrogen-bond donors (Lipinski definition) is 3. The number of sulfonamides is 1. The van der Waals surface area contributed by atoms with Crippen molar-refractivity contribution in [2.75, 3.05) is 23.9 Å². The van der Waals surface area contributed by atoms with Crippen molar-refractivity contribution in [2.24, 2.45) is 10.2 Å². The molecule has 9 nitrogen and oxygen atoms in total. The second-order valence-electron chi connectivity index (χ2n) is 6.03. The molecule has 0 aromatic heterocycles. The van der Waals surface area contributed by atoms with E-state index >= 15 is 0 Å². The lowest BCUT2D eigenvalue weighted by molar-refractivity contribution is -0.112. The summed E-state index contributed by atoms with van der Waals surface area (Å²) in [6.45, 7) is 2.37. The summed E-state index contributed by atoms with van der Waals surface area (Å²) in [5.41, 5.74) is 4.79. The Morgan fingerprint density at radius 2 is 1.93 bits per heavy atom. The number of rotatable bonds is 5. The number of carbonyl (C=O) groups is 1. The van der Waals surface area contributed by atoms with Crippen LogP contribution in [0.1, 0.15) is 12.5 Å². The molecule has 0 aliphatic carbocycles. The van der Waals surface area contributed by atoms with E-state index in [2.05, 4.69) is 15.8 Å². The molecule has 3 rings (SSSR count). The van der Waals surface area contributed by atoms with Gasteiger partial charge in [0.05, 0.1) is 17.7 Å². The number of ether oxygens (including phenoxy) is 1. The van der Waals surface area contributed by atoms with E-state index in [1.807, 2.05) is 13.0 Å². The fourth-order valence-corrected chi connectivity index (χ4v) is 3.51. The summed E-state index contributed by atoms with van der Waals surface area (Å²) < 4.78 is 27.8. The van der Waals surface area contributed by atoms with E-state index < -0.39 is 10.0 Å². The average Bonchev–Trinajstić information content (AvgIpc) is 2.95. The molecule has 0 fully saturated rings. The van der Waals surface area contributed by atoms with Crippen LogP contribution in [0.15, 0.2) is 52.5 Å². The second kappa shape index (κ2) is 8.15. The normalized spacial score (nSPS) is 14.7. The van der Waals surface area contributed by atoms with Gasteiger partial charge in [0.1, 0.15) is 5.75 Å². The van der Waals surface area contributed by atoms with Crippen LogP contribution in [0.5, 0.6) is 5.75 Å². The minimum Gasteiger partial charge on any atom is -0.497 e. The number of carbonyl (C=O) groups excluding carboxylic acids is 1. The Labute approximate surface area is 173 Å². The highest BCUT2D eigenvalue weighted by molar-refractivity contribution is 7.89. The van der Waals surface area contributed by atoms with E-state index in [0.29, 0.717) is 23.5 Å². The lowest BCUT2D eigenvalue weighted by atomic mass is 10.1. The molecule has 0 atom stereocenters. The molecule has 4 N–H and O–H groups in total. The summed E-state index contributed by atoms with van der Waals surface area (Å²) >= 11 is 5.20. The smallest absolute Gasteiger partial charge is 0.279 e. The molecular weight excluding hydrogens is 414 g/mol. The number of amides is 1. The molecule has 0 bridgehead atoms. The maximum Gasteiger partial charge on any atom is 0.279 e. The Hall–Kier alpha value is -3.02. The molecule has 2 aromatic rings. The quantitative estimate of drug-likeness (QED) is 0.481. The van der Waals surface area contributed by atoms with E-state index in [1.165, 1.54) is 24.3 Å². The number of primary sulfonamides is 1. The van der Waals surface area contributed by atoms with Crippen molar-refractivity contribution in [3.8, 4) is 5.75 Å². The fraction of sp³-hybridized carbons (Fsp3) is 0.167. The first-order valence-corrected chi connectivity index (χ1v) is 10.5. The van der Waals surface area contributed by atoms with Crippen molar-refractivity contribution in [3.05, 3.63) is 48.0 Å². The number of likely N-dealkylation sites (N-methyl/N-ethyl adjacent to an activating group) is 1. The van der Waals surface area contributed by atoms with Gasteiger partial charge in [0.15, 0.2) is 10.8 Å². The van der Waals surface area contributed by atoms with Gasteiger partial charge < -0.3 is 15.0 Å². The first kappa shape index (κ1) is 20.7. The highest BCUT2D eigenvalue weighted by Crippen LogP contribution is 2.32. The highest BCUT2D eigenvalue weighted by Gasteiger charge is 2.33. The summed E-state index contributed by atoms with van der Waals surface area (Å²) in [6, 6.07) is 11.1. The van der Waals surface area contributed by atoms with E-state index in [9.17, 15) is 13.2 Å². The van der Waals surface area contributed by atoms with Gasteiger partial charge in [-0.15, -0.1) is 0 Å². The third-order valence-corrected chi connectivity index (χ3v) is 5.35. The van der Waals surface area contributed by atoms with Crippen molar-refractivity contribution in [1.29, 1.82) is 0 Å². The molecule has 0 spiro atoms. The van der Waals surface area contributed by atoms with E-state index in [4.69, 9.17) is 22.1 Å². The number of thiocarbonyl (C=S) groups is 1. The van der Waals surface area contributed by atoms with Gasteiger partial charge in [-0.3, -0.25) is 10.2 Å². The first-order chi connectivity index (χ1) is 13.7. The number of anilines is 2. The number of fused-ring (bicyclic) bond motifs is 1.